The maximum atomic E-state index is 9.43. The average Bonchev–Trinajstić information content (AvgIpc) is 2.64. The first-order valence-electron chi connectivity index (χ1n) is 5.06. The highest BCUT2D eigenvalue weighted by atomic mass is 16.3. The summed E-state index contributed by atoms with van der Waals surface area (Å²) in [6.45, 7) is 1.39. The van der Waals surface area contributed by atoms with Gasteiger partial charge in [0, 0.05) is 12.0 Å². The lowest BCUT2D eigenvalue weighted by molar-refractivity contribution is 0.0665. The Kier molecular flexibility index (Phi) is 2.13. The number of aliphatic hydroxyl groups is 1. The van der Waals surface area contributed by atoms with Gasteiger partial charge in [-0.05, 0) is 38.1 Å². The standard InChI is InChI=1S/C10H19NO/c1-11-6-10(7-12)5-8-2-3-9(10)4-8/h8-9,11-12H,2-7H2,1H3. The Bertz CT molecular complexity index is 171. The zero-order valence-electron chi connectivity index (χ0n) is 7.84. The molecular weight excluding hydrogens is 150 g/mol. The minimum atomic E-state index is 0.248. The van der Waals surface area contributed by atoms with Gasteiger partial charge in [-0.25, -0.2) is 0 Å². The zero-order valence-corrected chi connectivity index (χ0v) is 7.84. The van der Waals surface area contributed by atoms with Crippen LogP contribution >= 0.6 is 0 Å². The molecule has 0 aromatic rings. The van der Waals surface area contributed by atoms with Crippen LogP contribution in [0.3, 0.4) is 0 Å². The minimum Gasteiger partial charge on any atom is -0.396 e. The van der Waals surface area contributed by atoms with Gasteiger partial charge in [-0.1, -0.05) is 6.42 Å². The molecule has 0 radical (unpaired) electrons. The van der Waals surface area contributed by atoms with Crippen molar-refractivity contribution in [1.29, 1.82) is 0 Å². The molecule has 0 amide bonds. The van der Waals surface area contributed by atoms with Crippen LogP contribution in [0.25, 0.3) is 0 Å². The van der Waals surface area contributed by atoms with E-state index in [1.54, 1.807) is 0 Å². The maximum Gasteiger partial charge on any atom is 0.0502 e. The fraction of sp³-hybridized carbons (Fsp3) is 1.00. The van der Waals surface area contributed by atoms with Crippen molar-refractivity contribution in [2.75, 3.05) is 20.2 Å². The summed E-state index contributed by atoms with van der Waals surface area (Å²) in [4.78, 5) is 0. The van der Waals surface area contributed by atoms with Crippen LogP contribution in [0.2, 0.25) is 0 Å². The van der Waals surface area contributed by atoms with E-state index in [1.165, 1.54) is 25.7 Å². The van der Waals surface area contributed by atoms with Crippen molar-refractivity contribution < 1.29 is 5.11 Å². The van der Waals surface area contributed by atoms with Crippen molar-refractivity contribution in [3.63, 3.8) is 0 Å². The minimum absolute atomic E-state index is 0.248. The molecule has 2 fully saturated rings. The lowest BCUT2D eigenvalue weighted by Gasteiger charge is -2.35. The molecule has 2 rings (SSSR count). The Morgan fingerprint density at radius 1 is 1.50 bits per heavy atom. The van der Waals surface area contributed by atoms with Crippen LogP contribution in [0, 0.1) is 17.3 Å². The Morgan fingerprint density at radius 2 is 2.33 bits per heavy atom. The third-order valence-electron chi connectivity index (χ3n) is 3.95. The number of hydrogen-bond acceptors (Lipinski definition) is 2. The van der Waals surface area contributed by atoms with Crippen LogP contribution in [0.1, 0.15) is 25.7 Å². The molecule has 2 bridgehead atoms. The molecule has 3 atom stereocenters. The molecule has 2 aliphatic carbocycles. The number of hydrogen-bond donors (Lipinski definition) is 2. The summed E-state index contributed by atoms with van der Waals surface area (Å²) in [7, 11) is 1.99. The van der Waals surface area contributed by atoms with E-state index < -0.39 is 0 Å². The zero-order chi connectivity index (χ0) is 8.60. The lowest BCUT2D eigenvalue weighted by Crippen LogP contribution is -2.40. The van der Waals surface area contributed by atoms with Gasteiger partial charge in [0.15, 0.2) is 0 Å². The first kappa shape index (κ1) is 8.52. The van der Waals surface area contributed by atoms with Crippen molar-refractivity contribution in [3.8, 4) is 0 Å². The van der Waals surface area contributed by atoms with E-state index in [4.69, 9.17) is 0 Å². The molecule has 0 aromatic heterocycles. The summed E-state index contributed by atoms with van der Waals surface area (Å²) in [6, 6.07) is 0. The molecule has 2 aliphatic rings. The Morgan fingerprint density at radius 3 is 2.75 bits per heavy atom. The summed E-state index contributed by atoms with van der Waals surface area (Å²) >= 11 is 0. The van der Waals surface area contributed by atoms with E-state index in [1.807, 2.05) is 7.05 Å². The summed E-state index contributed by atoms with van der Waals surface area (Å²) in [5.41, 5.74) is 0.248. The number of nitrogens with one attached hydrogen (secondary N) is 1. The normalized spacial score (nSPS) is 45.5. The van der Waals surface area contributed by atoms with Gasteiger partial charge in [0.2, 0.25) is 0 Å². The fourth-order valence-electron chi connectivity index (χ4n) is 3.38. The predicted molar refractivity (Wildman–Crippen MR) is 48.9 cm³/mol. The Labute approximate surface area is 74.4 Å². The van der Waals surface area contributed by atoms with Crippen LogP contribution < -0.4 is 5.32 Å². The van der Waals surface area contributed by atoms with Crippen LogP contribution in [-0.4, -0.2) is 25.3 Å². The molecule has 0 aromatic carbocycles. The van der Waals surface area contributed by atoms with Crippen LogP contribution in [0.4, 0.5) is 0 Å². The largest absolute Gasteiger partial charge is 0.396 e. The molecular formula is C10H19NO. The van der Waals surface area contributed by atoms with E-state index in [-0.39, 0.29) is 5.41 Å². The first-order chi connectivity index (χ1) is 5.80. The monoisotopic (exact) mass is 169 g/mol. The van der Waals surface area contributed by atoms with Gasteiger partial charge in [0.05, 0.1) is 6.61 Å². The summed E-state index contributed by atoms with van der Waals surface area (Å²) in [6.07, 6.45) is 5.40. The van der Waals surface area contributed by atoms with Gasteiger partial charge < -0.3 is 10.4 Å². The van der Waals surface area contributed by atoms with Crippen molar-refractivity contribution >= 4 is 0 Å². The van der Waals surface area contributed by atoms with Crippen molar-refractivity contribution in [2.45, 2.75) is 25.7 Å². The molecule has 12 heavy (non-hydrogen) atoms. The van der Waals surface area contributed by atoms with Gasteiger partial charge in [-0.2, -0.15) is 0 Å². The molecule has 2 N–H and O–H groups in total. The van der Waals surface area contributed by atoms with Crippen molar-refractivity contribution in [2.24, 2.45) is 17.3 Å². The van der Waals surface area contributed by atoms with Gasteiger partial charge >= 0.3 is 0 Å². The predicted octanol–water partition coefficient (Wildman–Crippen LogP) is 1.00. The molecule has 2 nitrogen and oxygen atoms in total. The van der Waals surface area contributed by atoms with Gasteiger partial charge in [0.25, 0.3) is 0 Å². The number of rotatable bonds is 3. The Hall–Kier alpha value is -0.0800. The van der Waals surface area contributed by atoms with E-state index in [0.717, 1.165) is 18.4 Å². The molecule has 2 heteroatoms. The van der Waals surface area contributed by atoms with E-state index in [2.05, 4.69) is 5.32 Å². The molecule has 2 saturated carbocycles. The van der Waals surface area contributed by atoms with Crippen molar-refractivity contribution in [3.05, 3.63) is 0 Å². The third-order valence-corrected chi connectivity index (χ3v) is 3.95. The maximum absolute atomic E-state index is 9.43. The molecule has 0 spiro atoms. The quantitative estimate of drug-likeness (QED) is 0.660. The highest BCUT2D eigenvalue weighted by Gasteiger charge is 2.49. The molecule has 0 saturated heterocycles. The summed E-state index contributed by atoms with van der Waals surface area (Å²) in [5, 5.41) is 12.7. The second kappa shape index (κ2) is 3.00. The molecule has 70 valence electrons. The summed E-state index contributed by atoms with van der Waals surface area (Å²) in [5.74, 6) is 1.73. The molecule has 0 heterocycles. The van der Waals surface area contributed by atoms with Gasteiger partial charge in [-0.15, -0.1) is 0 Å². The van der Waals surface area contributed by atoms with Crippen LogP contribution in [0.15, 0.2) is 0 Å². The Balaban J connectivity index is 2.08. The lowest BCUT2D eigenvalue weighted by atomic mass is 9.73. The molecule has 3 unspecified atom stereocenters. The fourth-order valence-corrected chi connectivity index (χ4v) is 3.38. The topological polar surface area (TPSA) is 32.3 Å². The SMILES string of the molecule is CNCC1(CO)CC2CCC1C2. The van der Waals surface area contributed by atoms with Gasteiger partial charge in [-0.3, -0.25) is 0 Å². The molecule has 0 aliphatic heterocycles. The average molecular weight is 169 g/mol. The smallest absolute Gasteiger partial charge is 0.0502 e. The van der Waals surface area contributed by atoms with Crippen LogP contribution in [0.5, 0.6) is 0 Å². The highest BCUT2D eigenvalue weighted by molar-refractivity contribution is 5.00. The van der Waals surface area contributed by atoms with E-state index in [9.17, 15) is 5.11 Å². The third kappa shape index (κ3) is 1.09. The summed E-state index contributed by atoms with van der Waals surface area (Å²) < 4.78 is 0. The number of aliphatic hydroxyl groups excluding tert-OH is 1. The highest BCUT2D eigenvalue weighted by Crippen LogP contribution is 2.55. The van der Waals surface area contributed by atoms with Gasteiger partial charge in [0.1, 0.15) is 0 Å². The first-order valence-corrected chi connectivity index (χ1v) is 5.06. The van der Waals surface area contributed by atoms with Crippen LogP contribution in [-0.2, 0) is 0 Å². The van der Waals surface area contributed by atoms with E-state index >= 15 is 0 Å². The van der Waals surface area contributed by atoms with E-state index in [0.29, 0.717) is 6.61 Å². The number of fused-ring (bicyclic) bond motifs is 2. The van der Waals surface area contributed by atoms with Crippen molar-refractivity contribution in [1.82, 2.24) is 5.32 Å². The second-order valence-corrected chi connectivity index (χ2v) is 4.63. The second-order valence-electron chi connectivity index (χ2n) is 4.63.